The first-order valence-corrected chi connectivity index (χ1v) is 11.0. The van der Waals surface area contributed by atoms with Gasteiger partial charge in [-0.2, -0.15) is 10.4 Å². The molecule has 0 aliphatic heterocycles. The number of hydrogen-bond donors (Lipinski definition) is 2. The summed E-state index contributed by atoms with van der Waals surface area (Å²) in [5.41, 5.74) is 4.44. The van der Waals surface area contributed by atoms with Gasteiger partial charge in [0, 0.05) is 31.5 Å². The summed E-state index contributed by atoms with van der Waals surface area (Å²) in [4.78, 5) is 17.6. The van der Waals surface area contributed by atoms with Gasteiger partial charge in [0.2, 0.25) is 5.91 Å². The van der Waals surface area contributed by atoms with Gasteiger partial charge in [-0.05, 0) is 60.7 Å². The zero-order chi connectivity index (χ0) is 23.0. The molecule has 166 valence electrons. The number of aryl methyl sites for hydroxylation is 1. The molecule has 1 aliphatic carbocycles. The summed E-state index contributed by atoms with van der Waals surface area (Å²) in [6.45, 7) is 0.626. The van der Waals surface area contributed by atoms with Crippen LogP contribution in [-0.4, -0.2) is 33.3 Å². The van der Waals surface area contributed by atoms with E-state index in [0.717, 1.165) is 41.7 Å². The summed E-state index contributed by atoms with van der Waals surface area (Å²) >= 11 is 0. The fraction of sp³-hybridized carbons (Fsp3) is 0.231. The van der Waals surface area contributed by atoms with Crippen LogP contribution in [0, 0.1) is 11.3 Å². The molecule has 1 aromatic carbocycles. The van der Waals surface area contributed by atoms with E-state index in [4.69, 9.17) is 5.26 Å². The Morgan fingerprint density at radius 1 is 1.18 bits per heavy atom. The summed E-state index contributed by atoms with van der Waals surface area (Å²) < 4.78 is 1.74. The molecule has 0 radical (unpaired) electrons. The predicted octanol–water partition coefficient (Wildman–Crippen LogP) is 3.77. The Morgan fingerprint density at radius 3 is 2.67 bits per heavy atom. The molecule has 7 nitrogen and oxygen atoms in total. The van der Waals surface area contributed by atoms with Crippen LogP contribution in [0.3, 0.4) is 0 Å². The molecule has 7 heteroatoms. The number of carbonyl (C=O) groups is 1. The topological polar surface area (TPSA) is 95.6 Å². The smallest absolute Gasteiger partial charge is 0.247 e. The minimum Gasteiger partial charge on any atom is -0.309 e. The van der Waals surface area contributed by atoms with Crippen molar-refractivity contribution in [2.24, 2.45) is 7.05 Å². The number of nitrogens with zero attached hydrogens (tertiary/aromatic N) is 4. The van der Waals surface area contributed by atoms with Crippen molar-refractivity contribution in [2.75, 3.05) is 11.9 Å². The number of rotatable bonds is 8. The van der Waals surface area contributed by atoms with Crippen LogP contribution < -0.4 is 10.6 Å². The summed E-state index contributed by atoms with van der Waals surface area (Å²) in [6.07, 6.45) is 12.5. The lowest BCUT2D eigenvalue weighted by Crippen LogP contribution is -2.43. The number of nitriles is 1. The molecule has 2 heterocycles. The number of nitrogens with one attached hydrogen (secondary N) is 2. The van der Waals surface area contributed by atoms with Gasteiger partial charge in [-0.15, -0.1) is 0 Å². The van der Waals surface area contributed by atoms with Gasteiger partial charge < -0.3 is 10.6 Å². The Balaban J connectivity index is 1.41. The van der Waals surface area contributed by atoms with Gasteiger partial charge in [0.05, 0.1) is 17.3 Å². The first-order chi connectivity index (χ1) is 16.1. The lowest BCUT2D eigenvalue weighted by molar-refractivity contribution is -0.117. The summed E-state index contributed by atoms with van der Waals surface area (Å²) in [7, 11) is 1.87. The highest BCUT2D eigenvalue weighted by Gasteiger charge is 2.22. The largest absolute Gasteiger partial charge is 0.309 e. The third-order valence-corrected chi connectivity index (χ3v) is 5.49. The molecule has 0 saturated carbocycles. The Hall–Kier alpha value is -4.02. The van der Waals surface area contributed by atoms with Crippen LogP contribution in [0.4, 0.5) is 5.82 Å². The van der Waals surface area contributed by atoms with Crippen molar-refractivity contribution in [1.82, 2.24) is 20.1 Å². The average molecular weight is 439 g/mol. The van der Waals surface area contributed by atoms with Gasteiger partial charge in [0.25, 0.3) is 0 Å². The number of anilines is 1. The number of amides is 1. The van der Waals surface area contributed by atoms with Gasteiger partial charge >= 0.3 is 0 Å². The van der Waals surface area contributed by atoms with Crippen LogP contribution in [-0.2, 0) is 18.3 Å². The van der Waals surface area contributed by atoms with E-state index >= 15 is 0 Å². The Bertz CT molecular complexity index is 1200. The van der Waals surface area contributed by atoms with E-state index in [9.17, 15) is 4.79 Å². The minimum atomic E-state index is -0.475. The van der Waals surface area contributed by atoms with Crippen LogP contribution in [0.5, 0.6) is 0 Å². The van der Waals surface area contributed by atoms with E-state index in [1.807, 2.05) is 55.7 Å². The van der Waals surface area contributed by atoms with Gasteiger partial charge in [-0.3, -0.25) is 9.48 Å². The Kier molecular flexibility index (Phi) is 7.08. The third kappa shape index (κ3) is 5.82. The zero-order valence-corrected chi connectivity index (χ0v) is 18.5. The Morgan fingerprint density at radius 2 is 2.03 bits per heavy atom. The molecule has 3 aromatic rings. The lowest BCUT2D eigenvalue weighted by Gasteiger charge is -2.21. The molecule has 1 unspecified atom stereocenters. The first-order valence-electron chi connectivity index (χ1n) is 11.0. The van der Waals surface area contributed by atoms with Crippen molar-refractivity contribution in [3.63, 3.8) is 0 Å². The van der Waals surface area contributed by atoms with E-state index in [2.05, 4.69) is 38.9 Å². The molecule has 1 atom stereocenters. The van der Waals surface area contributed by atoms with Gasteiger partial charge in [-0.1, -0.05) is 30.4 Å². The fourth-order valence-corrected chi connectivity index (χ4v) is 3.70. The molecule has 33 heavy (non-hydrogen) atoms. The maximum Gasteiger partial charge on any atom is 0.247 e. The monoisotopic (exact) mass is 438 g/mol. The lowest BCUT2D eigenvalue weighted by atomic mass is 9.99. The second kappa shape index (κ2) is 10.5. The summed E-state index contributed by atoms with van der Waals surface area (Å²) in [6, 6.07) is 14.8. The fourth-order valence-electron chi connectivity index (χ4n) is 3.70. The highest BCUT2D eigenvalue weighted by Crippen LogP contribution is 2.19. The van der Waals surface area contributed by atoms with Crippen LogP contribution in [0.25, 0.3) is 11.3 Å². The maximum atomic E-state index is 13.2. The van der Waals surface area contributed by atoms with Crippen molar-refractivity contribution < 1.29 is 4.79 Å². The molecule has 1 amide bonds. The highest BCUT2D eigenvalue weighted by atomic mass is 16.2. The summed E-state index contributed by atoms with van der Waals surface area (Å²) in [5, 5.41) is 19.7. The average Bonchev–Trinajstić information content (AvgIpc) is 3.29. The predicted molar refractivity (Wildman–Crippen MR) is 128 cm³/mol. The van der Waals surface area contributed by atoms with Crippen LogP contribution in [0.15, 0.2) is 78.7 Å². The molecule has 1 aliphatic rings. The van der Waals surface area contributed by atoms with Crippen molar-refractivity contribution in [3.05, 3.63) is 89.8 Å². The molecule has 4 rings (SSSR count). The van der Waals surface area contributed by atoms with Crippen molar-refractivity contribution in [2.45, 2.75) is 25.3 Å². The molecule has 0 bridgehead atoms. The van der Waals surface area contributed by atoms with Gasteiger partial charge in [0.1, 0.15) is 11.9 Å². The van der Waals surface area contributed by atoms with Crippen LogP contribution >= 0.6 is 0 Å². The van der Waals surface area contributed by atoms with Crippen molar-refractivity contribution >= 4 is 11.7 Å². The second-order valence-corrected chi connectivity index (χ2v) is 7.93. The van der Waals surface area contributed by atoms with Gasteiger partial charge in [0.15, 0.2) is 0 Å². The number of pyridine rings is 1. The number of allylic oxidation sites excluding steroid dienone is 2. The summed E-state index contributed by atoms with van der Waals surface area (Å²) in [5.74, 6) is 0.352. The molecular formula is C26H26N6O. The third-order valence-electron chi connectivity index (χ3n) is 5.49. The number of aromatic nitrogens is 3. The standard InChI is InChI=1S/C26H26N6O/c1-32-16-14-23(31-32)22-11-12-24(29-18-22)30-26(33)25(21-5-3-2-4-6-21)28-15-13-19-7-9-20(17-27)10-8-19/h3,5-12,14,16,18,25,28H,2,4,13,15H2,1H3,(H,29,30,33). The van der Waals surface area contributed by atoms with Crippen LogP contribution in [0.2, 0.25) is 0 Å². The van der Waals surface area contributed by atoms with Crippen molar-refractivity contribution in [3.8, 4) is 17.3 Å². The quantitative estimate of drug-likeness (QED) is 0.558. The van der Waals surface area contributed by atoms with E-state index in [1.165, 1.54) is 0 Å². The Labute approximate surface area is 193 Å². The van der Waals surface area contributed by atoms with Crippen LogP contribution in [0.1, 0.15) is 24.0 Å². The second-order valence-electron chi connectivity index (χ2n) is 7.93. The SMILES string of the molecule is Cn1ccc(-c2ccc(NC(=O)C(NCCc3ccc(C#N)cc3)C3=CCCC=C3)nc2)n1. The number of hydrogen-bond acceptors (Lipinski definition) is 5. The van der Waals surface area contributed by atoms with E-state index in [0.29, 0.717) is 17.9 Å². The molecule has 2 aromatic heterocycles. The molecule has 0 fully saturated rings. The van der Waals surface area contributed by atoms with Crippen molar-refractivity contribution in [1.29, 1.82) is 5.26 Å². The number of carbonyl (C=O) groups excluding carboxylic acids is 1. The maximum absolute atomic E-state index is 13.2. The molecule has 0 saturated heterocycles. The molecule has 0 spiro atoms. The van der Waals surface area contributed by atoms with E-state index in [1.54, 1.807) is 16.9 Å². The zero-order valence-electron chi connectivity index (χ0n) is 18.5. The normalized spacial score (nSPS) is 13.8. The molecular weight excluding hydrogens is 412 g/mol. The number of benzene rings is 1. The van der Waals surface area contributed by atoms with E-state index < -0.39 is 6.04 Å². The van der Waals surface area contributed by atoms with E-state index in [-0.39, 0.29) is 5.91 Å². The minimum absolute atomic E-state index is 0.147. The van der Waals surface area contributed by atoms with Gasteiger partial charge in [-0.25, -0.2) is 4.98 Å². The molecule has 2 N–H and O–H groups in total. The first kappa shape index (κ1) is 22.2. The highest BCUT2D eigenvalue weighted by molar-refractivity contribution is 5.96.